The van der Waals surface area contributed by atoms with Gasteiger partial charge in [0, 0.05) is 0 Å². The van der Waals surface area contributed by atoms with Crippen LogP contribution < -0.4 is 4.80 Å². The summed E-state index contributed by atoms with van der Waals surface area (Å²) in [5.41, 5.74) is 0.868. The average molecular weight is 327 g/mol. The van der Waals surface area contributed by atoms with E-state index in [1.165, 1.54) is 17.4 Å². The summed E-state index contributed by atoms with van der Waals surface area (Å²) in [6.45, 7) is 0.258. The maximum absolute atomic E-state index is 12.1. The summed E-state index contributed by atoms with van der Waals surface area (Å²) in [7, 11) is 0. The van der Waals surface area contributed by atoms with E-state index >= 15 is 0 Å². The highest BCUT2D eigenvalue weighted by atomic mass is 32.1. The van der Waals surface area contributed by atoms with Gasteiger partial charge in [-0.25, -0.2) is 0 Å². The van der Waals surface area contributed by atoms with Gasteiger partial charge in [-0.2, -0.15) is 4.99 Å². The molecule has 1 aromatic carbocycles. The van der Waals surface area contributed by atoms with Crippen molar-refractivity contribution in [2.75, 3.05) is 0 Å². The van der Waals surface area contributed by atoms with E-state index in [0.717, 1.165) is 16.3 Å². The Morgan fingerprint density at radius 2 is 2.17 bits per heavy atom. The van der Waals surface area contributed by atoms with Crippen LogP contribution >= 0.6 is 11.3 Å². The number of fused-ring (bicyclic) bond motifs is 1. The number of para-hydroxylation sites is 1. The molecule has 0 N–H and O–H groups in total. The van der Waals surface area contributed by atoms with Gasteiger partial charge in [0.05, 0.1) is 22.8 Å². The van der Waals surface area contributed by atoms with Crippen LogP contribution in [0.5, 0.6) is 0 Å². The molecule has 3 aromatic rings. The van der Waals surface area contributed by atoms with E-state index < -0.39 is 16.7 Å². The Kier molecular flexibility index (Phi) is 3.78. The molecule has 2 heterocycles. The largest absolute Gasteiger partial charge is 0.433 e. The number of thiazole rings is 1. The normalized spacial score (nSPS) is 11.5. The third-order valence-electron chi connectivity index (χ3n) is 3.02. The van der Waals surface area contributed by atoms with E-state index in [4.69, 9.17) is 10.8 Å². The molecule has 1 amide bonds. The van der Waals surface area contributed by atoms with Crippen LogP contribution in [0.25, 0.3) is 10.2 Å². The Bertz CT molecular complexity index is 1020. The lowest BCUT2D eigenvalue weighted by Gasteiger charge is -1.98. The first-order chi connectivity index (χ1) is 11.1. The molecule has 8 heteroatoms. The number of aromatic nitrogens is 1. The Morgan fingerprint density at radius 1 is 1.39 bits per heavy atom. The van der Waals surface area contributed by atoms with Gasteiger partial charge in [0.15, 0.2) is 4.80 Å². The van der Waals surface area contributed by atoms with Gasteiger partial charge >= 0.3 is 11.8 Å². The summed E-state index contributed by atoms with van der Waals surface area (Å²) in [5, 5.41) is 10.6. The molecule has 23 heavy (non-hydrogen) atoms. The van der Waals surface area contributed by atoms with Gasteiger partial charge in [-0.1, -0.05) is 29.4 Å². The second-order valence-corrected chi connectivity index (χ2v) is 5.46. The van der Waals surface area contributed by atoms with E-state index in [1.54, 1.807) is 4.57 Å². The lowest BCUT2D eigenvalue weighted by Crippen LogP contribution is -2.16. The van der Waals surface area contributed by atoms with Gasteiger partial charge in [0.25, 0.3) is 0 Å². The van der Waals surface area contributed by atoms with Crippen LogP contribution in [0.15, 0.2) is 45.8 Å². The van der Waals surface area contributed by atoms with Gasteiger partial charge in [0.2, 0.25) is 5.76 Å². The number of terminal acetylenes is 1. The van der Waals surface area contributed by atoms with Crippen LogP contribution in [-0.2, 0) is 6.54 Å². The van der Waals surface area contributed by atoms with Crippen molar-refractivity contribution in [3.8, 4) is 12.3 Å². The van der Waals surface area contributed by atoms with Crippen molar-refractivity contribution in [3.63, 3.8) is 0 Å². The minimum Gasteiger partial charge on any atom is -0.395 e. The highest BCUT2D eigenvalue weighted by Gasteiger charge is 2.17. The summed E-state index contributed by atoms with van der Waals surface area (Å²) in [4.78, 5) is 26.4. The molecule has 0 spiro atoms. The van der Waals surface area contributed by atoms with Crippen LogP contribution in [0.3, 0.4) is 0 Å². The number of nitro groups is 1. The number of hydrogen-bond acceptors (Lipinski definition) is 5. The molecule has 7 nitrogen and oxygen atoms in total. The van der Waals surface area contributed by atoms with Crippen molar-refractivity contribution in [3.05, 3.63) is 57.1 Å². The Balaban J connectivity index is 2.09. The van der Waals surface area contributed by atoms with Crippen molar-refractivity contribution in [1.82, 2.24) is 4.57 Å². The molecule has 0 aliphatic heterocycles. The smallest absolute Gasteiger partial charge is 0.395 e. The maximum Gasteiger partial charge on any atom is 0.433 e. The van der Waals surface area contributed by atoms with Crippen LogP contribution in [-0.4, -0.2) is 15.4 Å². The Hall–Kier alpha value is -3.18. The van der Waals surface area contributed by atoms with Gasteiger partial charge in [-0.15, -0.1) is 6.42 Å². The SMILES string of the molecule is C#CCn1c(=NC(=O)c2ccc([N+](=O)[O-])o2)sc2ccccc21. The zero-order valence-electron chi connectivity index (χ0n) is 11.6. The Labute approximate surface area is 133 Å². The number of benzene rings is 1. The third-order valence-corrected chi connectivity index (χ3v) is 4.08. The van der Waals surface area contributed by atoms with Crippen molar-refractivity contribution in [2.24, 2.45) is 4.99 Å². The molecule has 0 bridgehead atoms. The molecular formula is C15H9N3O4S. The second kappa shape index (κ2) is 5.90. The first kappa shape index (κ1) is 14.7. The highest BCUT2D eigenvalue weighted by Crippen LogP contribution is 2.18. The van der Waals surface area contributed by atoms with Crippen LogP contribution in [0.4, 0.5) is 5.88 Å². The molecule has 114 valence electrons. The lowest BCUT2D eigenvalue weighted by molar-refractivity contribution is -0.402. The van der Waals surface area contributed by atoms with Gasteiger partial charge in [-0.3, -0.25) is 14.9 Å². The minimum atomic E-state index is -0.714. The van der Waals surface area contributed by atoms with E-state index in [9.17, 15) is 14.9 Å². The molecule has 0 aliphatic carbocycles. The predicted octanol–water partition coefficient (Wildman–Crippen LogP) is 2.58. The molecule has 0 atom stereocenters. The molecule has 3 rings (SSSR count). The Morgan fingerprint density at radius 3 is 2.87 bits per heavy atom. The molecule has 0 fully saturated rings. The fraction of sp³-hybridized carbons (Fsp3) is 0.0667. The first-order valence-electron chi connectivity index (χ1n) is 6.45. The summed E-state index contributed by atoms with van der Waals surface area (Å²) in [6.07, 6.45) is 5.37. The monoisotopic (exact) mass is 327 g/mol. The molecule has 2 aromatic heterocycles. The zero-order valence-corrected chi connectivity index (χ0v) is 12.4. The molecule has 0 saturated heterocycles. The third kappa shape index (κ3) is 2.77. The van der Waals surface area contributed by atoms with Crippen LogP contribution in [0.2, 0.25) is 0 Å². The standard InChI is InChI=1S/C15H9N3O4S/c1-2-9-17-10-5-3-4-6-12(10)23-15(17)16-14(19)11-7-8-13(22-11)18(20)21/h1,3-8H,9H2. The highest BCUT2D eigenvalue weighted by molar-refractivity contribution is 7.16. The number of amides is 1. The topological polar surface area (TPSA) is 90.6 Å². The summed E-state index contributed by atoms with van der Waals surface area (Å²) in [5.74, 6) is 1.13. The predicted molar refractivity (Wildman–Crippen MR) is 83.9 cm³/mol. The fourth-order valence-corrected chi connectivity index (χ4v) is 3.06. The quantitative estimate of drug-likeness (QED) is 0.420. The molecule has 0 unspecified atom stereocenters. The van der Waals surface area contributed by atoms with E-state index in [0.29, 0.717) is 4.80 Å². The van der Waals surface area contributed by atoms with Crippen molar-refractivity contribution in [1.29, 1.82) is 0 Å². The number of carbonyl (C=O) groups excluding carboxylic acids is 1. The van der Waals surface area contributed by atoms with Crippen LogP contribution in [0, 0.1) is 22.5 Å². The lowest BCUT2D eigenvalue weighted by atomic mass is 10.3. The van der Waals surface area contributed by atoms with Crippen molar-refractivity contribution in [2.45, 2.75) is 6.54 Å². The minimum absolute atomic E-state index is 0.193. The second-order valence-electron chi connectivity index (χ2n) is 4.45. The number of carbonyl (C=O) groups is 1. The molecule has 0 aliphatic rings. The average Bonchev–Trinajstić information content (AvgIpc) is 3.14. The summed E-state index contributed by atoms with van der Waals surface area (Å²) >= 11 is 1.30. The number of hydrogen-bond donors (Lipinski definition) is 0. The van der Waals surface area contributed by atoms with Gasteiger partial charge in [-0.05, 0) is 18.2 Å². The van der Waals surface area contributed by atoms with E-state index in [2.05, 4.69) is 10.9 Å². The summed E-state index contributed by atoms with van der Waals surface area (Å²) in [6, 6.07) is 9.86. The summed E-state index contributed by atoms with van der Waals surface area (Å²) < 4.78 is 7.53. The van der Waals surface area contributed by atoms with Gasteiger partial charge < -0.3 is 8.98 Å². The number of rotatable bonds is 3. The van der Waals surface area contributed by atoms with Crippen molar-refractivity contribution >= 4 is 33.3 Å². The van der Waals surface area contributed by atoms with E-state index in [-0.39, 0.29) is 12.3 Å². The molecule has 0 saturated carbocycles. The zero-order chi connectivity index (χ0) is 16.4. The molecule has 0 radical (unpaired) electrons. The molecular weight excluding hydrogens is 318 g/mol. The maximum atomic E-state index is 12.1. The number of nitrogens with zero attached hydrogens (tertiary/aromatic N) is 3. The fourth-order valence-electron chi connectivity index (χ4n) is 2.03. The van der Waals surface area contributed by atoms with Crippen LogP contribution in [0.1, 0.15) is 10.6 Å². The number of furan rings is 1. The van der Waals surface area contributed by atoms with Crippen molar-refractivity contribution < 1.29 is 14.1 Å². The first-order valence-corrected chi connectivity index (χ1v) is 7.27. The van der Waals surface area contributed by atoms with E-state index in [1.807, 2.05) is 24.3 Å². The van der Waals surface area contributed by atoms with Gasteiger partial charge in [0.1, 0.15) is 4.92 Å².